The van der Waals surface area contributed by atoms with Crippen LogP contribution in [0.15, 0.2) is 12.1 Å². The molecule has 2 aliphatic rings. The number of methoxy groups -OCH3 is 1. The molecule has 6 heteroatoms. The number of carbonyl (C=O) groups is 1. The number of ether oxygens (including phenoxy) is 1. The summed E-state index contributed by atoms with van der Waals surface area (Å²) >= 11 is 6.06. The highest BCUT2D eigenvalue weighted by molar-refractivity contribution is 6.29. The monoisotopic (exact) mass is 357 g/mol. The van der Waals surface area contributed by atoms with E-state index in [1.165, 1.54) is 0 Å². The summed E-state index contributed by atoms with van der Waals surface area (Å²) in [5.74, 6) is 1.10. The van der Waals surface area contributed by atoms with Gasteiger partial charge in [0.2, 0.25) is 5.88 Å². The van der Waals surface area contributed by atoms with Gasteiger partial charge in [0.25, 0.3) is 0 Å². The number of hydrogen-bond acceptors (Lipinski definition) is 5. The number of aryl methyl sites for hydroxylation is 2. The molecule has 2 aromatic heterocycles. The zero-order valence-electron chi connectivity index (χ0n) is 14.6. The van der Waals surface area contributed by atoms with Gasteiger partial charge in [-0.3, -0.25) is 4.79 Å². The van der Waals surface area contributed by atoms with Crippen molar-refractivity contribution < 1.29 is 9.53 Å². The minimum Gasteiger partial charge on any atom is -0.480 e. The molecule has 0 bridgehead atoms. The summed E-state index contributed by atoms with van der Waals surface area (Å²) in [6.45, 7) is 3.87. The Kier molecular flexibility index (Phi) is 3.80. The van der Waals surface area contributed by atoms with Crippen LogP contribution in [0.25, 0.3) is 0 Å². The van der Waals surface area contributed by atoms with Crippen molar-refractivity contribution in [3.63, 3.8) is 0 Å². The summed E-state index contributed by atoms with van der Waals surface area (Å²) in [6.07, 6.45) is 3.62. The molecular weight excluding hydrogens is 338 g/mol. The molecule has 0 aliphatic heterocycles. The van der Waals surface area contributed by atoms with E-state index in [4.69, 9.17) is 16.3 Å². The van der Waals surface area contributed by atoms with Crippen LogP contribution in [0, 0.1) is 6.92 Å². The highest BCUT2D eigenvalue weighted by Gasteiger charge is 2.43. The molecule has 5 nitrogen and oxygen atoms in total. The number of rotatable bonds is 3. The van der Waals surface area contributed by atoms with Crippen LogP contribution < -0.4 is 4.74 Å². The zero-order chi connectivity index (χ0) is 17.8. The second-order valence-electron chi connectivity index (χ2n) is 7.21. The first-order valence-corrected chi connectivity index (χ1v) is 8.94. The Balaban J connectivity index is 1.80. The van der Waals surface area contributed by atoms with Gasteiger partial charge in [0.15, 0.2) is 5.78 Å². The van der Waals surface area contributed by atoms with E-state index in [9.17, 15) is 4.79 Å². The van der Waals surface area contributed by atoms with Crippen LogP contribution in [0.1, 0.15) is 65.0 Å². The van der Waals surface area contributed by atoms with E-state index in [2.05, 4.69) is 15.2 Å². The zero-order valence-corrected chi connectivity index (χ0v) is 15.4. The molecular formula is C19H20ClN3O2. The average Bonchev–Trinajstić information content (AvgIpc) is 3.42. The third kappa shape index (κ3) is 2.61. The van der Waals surface area contributed by atoms with Crippen LogP contribution in [-0.4, -0.2) is 28.1 Å². The van der Waals surface area contributed by atoms with Crippen LogP contribution in [0.2, 0.25) is 5.15 Å². The maximum atomic E-state index is 13.3. The van der Waals surface area contributed by atoms with Gasteiger partial charge in [0.05, 0.1) is 23.9 Å². The van der Waals surface area contributed by atoms with Crippen molar-refractivity contribution in [1.82, 2.24) is 15.2 Å². The highest BCUT2D eigenvalue weighted by Crippen LogP contribution is 2.45. The summed E-state index contributed by atoms with van der Waals surface area (Å²) in [6, 6.07) is 3.77. The van der Waals surface area contributed by atoms with Crippen LogP contribution in [0.3, 0.4) is 0 Å². The second-order valence-corrected chi connectivity index (χ2v) is 7.60. The number of fused-ring (bicyclic) bond motifs is 1. The summed E-state index contributed by atoms with van der Waals surface area (Å²) in [5.41, 5.74) is 3.43. The number of Topliss-reactive ketones (excluding diaryl/α,β-unsaturated/α-hetero) is 1. The Morgan fingerprint density at radius 1 is 1.28 bits per heavy atom. The molecule has 4 rings (SSSR count). The first-order chi connectivity index (χ1) is 11.9. The second kappa shape index (κ2) is 5.77. The van der Waals surface area contributed by atoms with Gasteiger partial charge in [0.1, 0.15) is 5.15 Å². The molecule has 2 heterocycles. The first-order valence-electron chi connectivity index (χ1n) is 8.57. The molecule has 2 aromatic rings. The number of hydrogen-bond donors (Lipinski definition) is 0. The molecule has 25 heavy (non-hydrogen) atoms. The van der Waals surface area contributed by atoms with Crippen molar-refractivity contribution in [1.29, 1.82) is 0 Å². The summed E-state index contributed by atoms with van der Waals surface area (Å²) in [5, 5.41) is 9.03. The summed E-state index contributed by atoms with van der Waals surface area (Å²) in [7, 11) is 1.61. The third-order valence-corrected chi connectivity index (χ3v) is 5.61. The molecule has 0 N–H and O–H groups in total. The van der Waals surface area contributed by atoms with Gasteiger partial charge in [-0.2, -0.15) is 5.10 Å². The number of nitrogens with zero attached hydrogens (tertiary/aromatic N) is 3. The maximum Gasteiger partial charge on any atom is 0.236 e. The largest absolute Gasteiger partial charge is 0.480 e. The Morgan fingerprint density at radius 3 is 2.72 bits per heavy atom. The lowest BCUT2D eigenvalue weighted by Gasteiger charge is -2.33. The van der Waals surface area contributed by atoms with Crippen molar-refractivity contribution in [2.24, 2.45) is 0 Å². The smallest absolute Gasteiger partial charge is 0.236 e. The van der Waals surface area contributed by atoms with E-state index in [0.717, 1.165) is 35.4 Å². The minimum absolute atomic E-state index is 0.0524. The van der Waals surface area contributed by atoms with Gasteiger partial charge < -0.3 is 4.74 Å². The molecule has 0 aromatic carbocycles. The Hall–Kier alpha value is -2.01. The van der Waals surface area contributed by atoms with Gasteiger partial charge in [0, 0.05) is 11.1 Å². The number of aromatic nitrogens is 3. The molecule has 1 unspecified atom stereocenters. The van der Waals surface area contributed by atoms with Gasteiger partial charge in [-0.15, -0.1) is 5.10 Å². The van der Waals surface area contributed by atoms with Crippen LogP contribution >= 0.6 is 11.6 Å². The number of carbonyl (C=O) groups excluding carboxylic acids is 1. The number of pyridine rings is 1. The fourth-order valence-electron chi connectivity index (χ4n) is 3.70. The molecule has 0 spiro atoms. The van der Waals surface area contributed by atoms with E-state index < -0.39 is 5.41 Å². The fourth-order valence-corrected chi connectivity index (χ4v) is 3.96. The Labute approximate surface area is 151 Å². The van der Waals surface area contributed by atoms with Gasteiger partial charge >= 0.3 is 0 Å². The molecule has 1 atom stereocenters. The molecule has 0 saturated heterocycles. The maximum absolute atomic E-state index is 13.3. The lowest BCUT2D eigenvalue weighted by atomic mass is 9.70. The summed E-state index contributed by atoms with van der Waals surface area (Å²) in [4.78, 5) is 17.7. The minimum atomic E-state index is -0.698. The van der Waals surface area contributed by atoms with Gasteiger partial charge in [-0.1, -0.05) is 11.6 Å². The predicted molar refractivity (Wildman–Crippen MR) is 94.5 cm³/mol. The Bertz CT molecular complexity index is 879. The number of halogens is 1. The van der Waals surface area contributed by atoms with Gasteiger partial charge in [-0.05, 0) is 63.1 Å². The first kappa shape index (κ1) is 16.5. The lowest BCUT2D eigenvalue weighted by molar-refractivity contribution is 0.0868. The molecule has 1 fully saturated rings. The van der Waals surface area contributed by atoms with E-state index in [-0.39, 0.29) is 5.78 Å². The normalized spacial score (nSPS) is 22.6. The standard InChI is InChI=1S/C19H20ClN3O2/c1-10-8-15(20)21-13-6-7-19(2,17(24)16(10)13)14-9-12(11-4-5-11)18(25-3)23-22-14/h8-9,11H,4-7H2,1-3H3. The fraction of sp³-hybridized carbons (Fsp3) is 0.474. The topological polar surface area (TPSA) is 65.0 Å². The van der Waals surface area contributed by atoms with E-state index >= 15 is 0 Å². The van der Waals surface area contributed by atoms with Crippen molar-refractivity contribution in [2.45, 2.75) is 50.9 Å². The average molecular weight is 358 g/mol. The predicted octanol–water partition coefficient (Wildman–Crippen LogP) is 3.81. The number of ketones is 1. The van der Waals surface area contributed by atoms with Crippen molar-refractivity contribution in [2.75, 3.05) is 7.11 Å². The Morgan fingerprint density at radius 2 is 2.04 bits per heavy atom. The lowest BCUT2D eigenvalue weighted by Crippen LogP contribution is -2.39. The molecule has 2 aliphatic carbocycles. The van der Waals surface area contributed by atoms with E-state index in [1.807, 2.05) is 19.9 Å². The quantitative estimate of drug-likeness (QED) is 0.781. The third-order valence-electron chi connectivity index (χ3n) is 5.41. The van der Waals surface area contributed by atoms with Crippen molar-refractivity contribution in [3.8, 4) is 5.88 Å². The molecule has 0 amide bonds. The van der Waals surface area contributed by atoms with Crippen LogP contribution in [-0.2, 0) is 11.8 Å². The molecule has 0 radical (unpaired) electrons. The molecule has 130 valence electrons. The summed E-state index contributed by atoms with van der Waals surface area (Å²) < 4.78 is 5.35. The van der Waals surface area contributed by atoms with Crippen LogP contribution in [0.5, 0.6) is 5.88 Å². The highest BCUT2D eigenvalue weighted by atomic mass is 35.5. The van der Waals surface area contributed by atoms with Crippen molar-refractivity contribution >= 4 is 17.4 Å². The van der Waals surface area contributed by atoms with Crippen LogP contribution in [0.4, 0.5) is 0 Å². The SMILES string of the molecule is COc1nnc(C2(C)CCc3nc(Cl)cc(C)c3C2=O)cc1C1CC1. The molecule has 1 saturated carbocycles. The van der Waals surface area contributed by atoms with Gasteiger partial charge in [-0.25, -0.2) is 4.98 Å². The van der Waals surface area contributed by atoms with E-state index in [1.54, 1.807) is 13.2 Å². The van der Waals surface area contributed by atoms with E-state index in [0.29, 0.717) is 35.4 Å². The van der Waals surface area contributed by atoms with Crippen molar-refractivity contribution in [3.05, 3.63) is 45.4 Å².